The maximum atomic E-state index is 12.9. The van der Waals surface area contributed by atoms with Crippen LogP contribution in [0, 0.1) is 6.92 Å². The van der Waals surface area contributed by atoms with E-state index in [1.54, 1.807) is 18.2 Å². The highest BCUT2D eigenvalue weighted by molar-refractivity contribution is 5.80. The zero-order chi connectivity index (χ0) is 25.0. The number of nitrogens with two attached hydrogens (primary N) is 1. The van der Waals surface area contributed by atoms with Gasteiger partial charge in [0.25, 0.3) is 0 Å². The van der Waals surface area contributed by atoms with E-state index in [1.165, 1.54) is 17.3 Å². The van der Waals surface area contributed by atoms with Gasteiger partial charge in [-0.05, 0) is 48.7 Å². The largest absolute Gasteiger partial charge is 0.492 e. The SMILES string of the molecule is CNc1ccc(C)cc1C1=CC(c2ccc(OCCN/C=C\N)cc2)N(C(=O)OCCOC)CC1. The number of nitrogens with zero attached hydrogens (tertiary/aromatic N) is 1. The van der Waals surface area contributed by atoms with Gasteiger partial charge in [0.2, 0.25) is 0 Å². The predicted octanol–water partition coefficient (Wildman–Crippen LogP) is 4.05. The van der Waals surface area contributed by atoms with E-state index in [0.29, 0.717) is 26.3 Å². The molecule has 2 aromatic rings. The van der Waals surface area contributed by atoms with Crippen molar-refractivity contribution in [1.29, 1.82) is 0 Å². The lowest BCUT2D eigenvalue weighted by atomic mass is 9.91. The van der Waals surface area contributed by atoms with Crippen molar-refractivity contribution in [2.75, 3.05) is 52.4 Å². The van der Waals surface area contributed by atoms with Gasteiger partial charge in [0, 0.05) is 50.9 Å². The molecule has 1 amide bonds. The first-order valence-corrected chi connectivity index (χ1v) is 11.8. The highest BCUT2D eigenvalue weighted by Gasteiger charge is 2.30. The molecular formula is C27H36N4O4. The molecular weight excluding hydrogens is 444 g/mol. The summed E-state index contributed by atoms with van der Waals surface area (Å²) in [5.74, 6) is 0.762. The van der Waals surface area contributed by atoms with E-state index in [9.17, 15) is 4.79 Å². The standard InChI is InChI=1S/C27H36N4O4/c1-20-4-9-25(29-2)24(18-20)22-10-14-31(27(32)35-17-16-33-3)26(19-22)21-5-7-23(8-6-21)34-15-13-30-12-11-28/h4-9,11-12,18-19,26,29-30H,10,13-17,28H2,1-3H3/b12-11-. The van der Waals surface area contributed by atoms with Gasteiger partial charge in [0.1, 0.15) is 19.0 Å². The Kier molecular flexibility index (Phi) is 9.86. The third-order valence-electron chi connectivity index (χ3n) is 5.81. The second-order valence-electron chi connectivity index (χ2n) is 8.22. The van der Waals surface area contributed by atoms with Gasteiger partial charge in [-0.3, -0.25) is 4.90 Å². The van der Waals surface area contributed by atoms with E-state index in [1.807, 2.05) is 31.3 Å². The van der Waals surface area contributed by atoms with Crippen molar-refractivity contribution < 1.29 is 19.0 Å². The minimum absolute atomic E-state index is 0.219. The molecule has 0 saturated carbocycles. The lowest BCUT2D eigenvalue weighted by Gasteiger charge is -2.34. The van der Waals surface area contributed by atoms with Gasteiger partial charge in [-0.1, -0.05) is 29.8 Å². The minimum atomic E-state index is -0.347. The molecule has 2 aromatic carbocycles. The Labute approximate surface area is 207 Å². The summed E-state index contributed by atoms with van der Waals surface area (Å²) in [5.41, 5.74) is 10.9. The van der Waals surface area contributed by atoms with Crippen molar-refractivity contribution >= 4 is 17.4 Å². The van der Waals surface area contributed by atoms with Crippen LogP contribution in [-0.2, 0) is 9.47 Å². The maximum Gasteiger partial charge on any atom is 0.410 e. The molecule has 1 atom stereocenters. The van der Waals surface area contributed by atoms with Crippen LogP contribution in [0.3, 0.4) is 0 Å². The van der Waals surface area contributed by atoms with Crippen LogP contribution in [0.25, 0.3) is 5.57 Å². The summed E-state index contributed by atoms with van der Waals surface area (Å²) in [7, 11) is 3.51. The average molecular weight is 481 g/mol. The Morgan fingerprint density at radius 1 is 1.17 bits per heavy atom. The van der Waals surface area contributed by atoms with E-state index in [2.05, 4.69) is 41.8 Å². The summed E-state index contributed by atoms with van der Waals surface area (Å²) < 4.78 is 16.3. The summed E-state index contributed by atoms with van der Waals surface area (Å²) in [6.45, 7) is 4.38. The van der Waals surface area contributed by atoms with Crippen LogP contribution in [0.4, 0.5) is 10.5 Å². The van der Waals surface area contributed by atoms with E-state index in [-0.39, 0.29) is 18.7 Å². The molecule has 0 fully saturated rings. The van der Waals surface area contributed by atoms with Crippen LogP contribution in [0.2, 0.25) is 0 Å². The van der Waals surface area contributed by atoms with Gasteiger partial charge in [0.15, 0.2) is 0 Å². The second kappa shape index (κ2) is 13.3. The summed E-state index contributed by atoms with van der Waals surface area (Å²) in [6, 6.07) is 14.0. The molecule has 35 heavy (non-hydrogen) atoms. The van der Waals surface area contributed by atoms with E-state index in [0.717, 1.165) is 29.0 Å². The van der Waals surface area contributed by atoms with E-state index in [4.69, 9.17) is 19.9 Å². The fraction of sp³-hybridized carbons (Fsp3) is 0.370. The number of hydrogen-bond donors (Lipinski definition) is 3. The Hall–Kier alpha value is -3.65. The van der Waals surface area contributed by atoms with Gasteiger partial charge in [0.05, 0.1) is 12.6 Å². The number of rotatable bonds is 11. The molecule has 1 aliphatic rings. The van der Waals surface area contributed by atoms with Crippen LogP contribution in [-0.4, -0.2) is 58.1 Å². The number of aryl methyl sites for hydroxylation is 1. The van der Waals surface area contributed by atoms with Crippen molar-refractivity contribution in [3.8, 4) is 5.75 Å². The number of nitrogens with one attached hydrogen (secondary N) is 2. The van der Waals surface area contributed by atoms with Crippen molar-refractivity contribution in [3.63, 3.8) is 0 Å². The van der Waals surface area contributed by atoms with Crippen LogP contribution >= 0.6 is 0 Å². The number of carbonyl (C=O) groups excluding carboxylic acids is 1. The molecule has 0 spiro atoms. The Morgan fingerprint density at radius 3 is 2.69 bits per heavy atom. The van der Waals surface area contributed by atoms with Crippen LogP contribution in [0.1, 0.15) is 29.2 Å². The Bertz CT molecular complexity index is 1020. The van der Waals surface area contributed by atoms with Gasteiger partial charge in [-0.2, -0.15) is 0 Å². The molecule has 0 aromatic heterocycles. The first-order chi connectivity index (χ1) is 17.1. The first kappa shape index (κ1) is 26.0. The monoisotopic (exact) mass is 480 g/mol. The van der Waals surface area contributed by atoms with Gasteiger partial charge >= 0.3 is 6.09 Å². The quantitative estimate of drug-likeness (QED) is 0.418. The fourth-order valence-electron chi connectivity index (χ4n) is 4.03. The normalized spacial score (nSPS) is 15.6. The number of ether oxygens (including phenoxy) is 3. The molecule has 0 aliphatic carbocycles. The molecule has 0 bridgehead atoms. The second-order valence-corrected chi connectivity index (χ2v) is 8.22. The third-order valence-corrected chi connectivity index (χ3v) is 5.81. The van der Waals surface area contributed by atoms with E-state index >= 15 is 0 Å². The van der Waals surface area contributed by atoms with Crippen LogP contribution in [0.15, 0.2) is 60.9 Å². The number of hydrogen-bond acceptors (Lipinski definition) is 7. The van der Waals surface area contributed by atoms with Crippen molar-refractivity contribution in [3.05, 3.63) is 77.6 Å². The van der Waals surface area contributed by atoms with Crippen molar-refractivity contribution in [2.45, 2.75) is 19.4 Å². The Balaban J connectivity index is 1.85. The molecule has 8 heteroatoms. The zero-order valence-corrected chi connectivity index (χ0v) is 20.8. The number of benzene rings is 2. The topological polar surface area (TPSA) is 98.1 Å². The molecule has 1 unspecified atom stereocenters. The highest BCUT2D eigenvalue weighted by atomic mass is 16.6. The molecule has 1 aliphatic heterocycles. The summed E-state index contributed by atoms with van der Waals surface area (Å²) in [6.07, 6.45) is 5.67. The Morgan fingerprint density at radius 2 is 1.97 bits per heavy atom. The lowest BCUT2D eigenvalue weighted by molar-refractivity contribution is 0.0652. The summed E-state index contributed by atoms with van der Waals surface area (Å²) in [4.78, 5) is 14.7. The van der Waals surface area contributed by atoms with Crippen LogP contribution in [0.5, 0.6) is 5.75 Å². The van der Waals surface area contributed by atoms with Crippen molar-refractivity contribution in [1.82, 2.24) is 10.2 Å². The fourth-order valence-corrected chi connectivity index (χ4v) is 4.03. The number of methoxy groups -OCH3 is 1. The number of amides is 1. The molecule has 1 heterocycles. The van der Waals surface area contributed by atoms with E-state index < -0.39 is 0 Å². The average Bonchev–Trinajstić information content (AvgIpc) is 2.88. The lowest BCUT2D eigenvalue weighted by Crippen LogP contribution is -2.38. The van der Waals surface area contributed by atoms with Crippen LogP contribution < -0.4 is 21.1 Å². The maximum absolute atomic E-state index is 12.9. The third kappa shape index (κ3) is 7.16. The highest BCUT2D eigenvalue weighted by Crippen LogP contribution is 2.37. The first-order valence-electron chi connectivity index (χ1n) is 11.8. The number of carbonyl (C=O) groups is 1. The summed E-state index contributed by atoms with van der Waals surface area (Å²) in [5, 5.41) is 6.32. The predicted molar refractivity (Wildman–Crippen MR) is 139 cm³/mol. The molecule has 0 radical (unpaired) electrons. The molecule has 4 N–H and O–H groups in total. The van der Waals surface area contributed by atoms with Gasteiger partial charge in [-0.15, -0.1) is 0 Å². The molecule has 3 rings (SSSR count). The number of anilines is 1. The van der Waals surface area contributed by atoms with Gasteiger partial charge in [-0.25, -0.2) is 4.79 Å². The van der Waals surface area contributed by atoms with Crippen molar-refractivity contribution in [2.24, 2.45) is 5.73 Å². The molecule has 188 valence electrons. The minimum Gasteiger partial charge on any atom is -0.492 e. The smallest absolute Gasteiger partial charge is 0.410 e. The summed E-state index contributed by atoms with van der Waals surface area (Å²) >= 11 is 0. The molecule has 8 nitrogen and oxygen atoms in total. The molecule has 0 saturated heterocycles. The van der Waals surface area contributed by atoms with Gasteiger partial charge < -0.3 is 30.6 Å². The zero-order valence-electron chi connectivity index (χ0n) is 20.8.